The summed E-state index contributed by atoms with van der Waals surface area (Å²) >= 11 is 0. The molecule has 10 heteroatoms. The first-order chi connectivity index (χ1) is 14.2. The molecule has 0 unspecified atom stereocenters. The van der Waals surface area contributed by atoms with E-state index in [0.29, 0.717) is 22.7 Å². The maximum atomic E-state index is 14.1. The van der Waals surface area contributed by atoms with Gasteiger partial charge in [-0.25, -0.2) is 13.8 Å². The Morgan fingerprint density at radius 3 is 2.53 bits per heavy atom. The highest BCUT2D eigenvalue weighted by atomic mass is 19.4. The van der Waals surface area contributed by atoms with E-state index in [4.69, 9.17) is 0 Å². The van der Waals surface area contributed by atoms with Gasteiger partial charge in [0.2, 0.25) is 0 Å². The summed E-state index contributed by atoms with van der Waals surface area (Å²) in [5.41, 5.74) is -0.240. The third-order valence-corrected chi connectivity index (χ3v) is 4.37. The van der Waals surface area contributed by atoms with Gasteiger partial charge in [0, 0.05) is 17.1 Å². The van der Waals surface area contributed by atoms with Crippen LogP contribution in [0.5, 0.6) is 0 Å². The minimum atomic E-state index is -4.55. The molecule has 0 fully saturated rings. The predicted molar refractivity (Wildman–Crippen MR) is 98.6 cm³/mol. The highest BCUT2D eigenvalue weighted by Crippen LogP contribution is 2.30. The van der Waals surface area contributed by atoms with Gasteiger partial charge in [0.05, 0.1) is 11.1 Å². The number of carbonyl (C=O) groups is 1. The van der Waals surface area contributed by atoms with Gasteiger partial charge in [0.25, 0.3) is 5.91 Å². The molecule has 0 saturated carbocycles. The molecule has 0 radical (unpaired) electrons. The number of benzene rings is 2. The zero-order valence-corrected chi connectivity index (χ0v) is 14.9. The molecule has 0 bridgehead atoms. The molecule has 0 aliphatic carbocycles. The number of nitrogens with zero attached hydrogens (tertiary/aromatic N) is 2. The maximum absolute atomic E-state index is 14.1. The van der Waals surface area contributed by atoms with Gasteiger partial charge in [-0.1, -0.05) is 18.2 Å². The van der Waals surface area contributed by atoms with Crippen molar-refractivity contribution in [2.75, 3.05) is 5.32 Å². The van der Waals surface area contributed by atoms with Gasteiger partial charge in [-0.05, 0) is 35.9 Å². The van der Waals surface area contributed by atoms with Crippen molar-refractivity contribution in [1.29, 1.82) is 0 Å². The molecular formula is C20H11F5N4O. The second-order valence-corrected chi connectivity index (χ2v) is 6.32. The summed E-state index contributed by atoms with van der Waals surface area (Å²) in [6.45, 7) is 0. The molecule has 2 heterocycles. The van der Waals surface area contributed by atoms with E-state index in [-0.39, 0.29) is 17.1 Å². The van der Waals surface area contributed by atoms with Crippen molar-refractivity contribution < 1.29 is 26.7 Å². The fourth-order valence-corrected chi connectivity index (χ4v) is 2.89. The predicted octanol–water partition coefficient (Wildman–Crippen LogP) is 5.17. The van der Waals surface area contributed by atoms with Crippen molar-refractivity contribution in [2.24, 2.45) is 0 Å². The minimum Gasteiger partial charge on any atom is -0.305 e. The molecule has 1 amide bonds. The minimum absolute atomic E-state index is 0.00821. The lowest BCUT2D eigenvalue weighted by Crippen LogP contribution is -2.14. The average Bonchev–Trinajstić information content (AvgIpc) is 3.13. The van der Waals surface area contributed by atoms with Gasteiger partial charge in [-0.15, -0.1) is 0 Å². The van der Waals surface area contributed by atoms with Crippen LogP contribution in [0, 0.1) is 11.6 Å². The lowest BCUT2D eigenvalue weighted by Gasteiger charge is -2.07. The number of fused-ring (bicyclic) bond motifs is 1. The number of pyridine rings is 1. The average molecular weight is 418 g/mol. The Morgan fingerprint density at radius 2 is 1.83 bits per heavy atom. The number of amides is 1. The molecule has 0 atom stereocenters. The zero-order chi connectivity index (χ0) is 21.5. The molecule has 2 N–H and O–H groups in total. The summed E-state index contributed by atoms with van der Waals surface area (Å²) < 4.78 is 65.5. The number of anilines is 1. The van der Waals surface area contributed by atoms with E-state index in [1.807, 2.05) is 0 Å². The highest BCUT2D eigenvalue weighted by molar-refractivity contribution is 6.11. The van der Waals surface area contributed by atoms with Crippen LogP contribution in [0.25, 0.3) is 22.0 Å². The topological polar surface area (TPSA) is 70.7 Å². The molecular weight excluding hydrogens is 407 g/mol. The Kier molecular flexibility index (Phi) is 4.69. The molecule has 2 aromatic heterocycles. The van der Waals surface area contributed by atoms with Gasteiger partial charge in [-0.2, -0.15) is 18.3 Å². The van der Waals surface area contributed by atoms with E-state index in [1.165, 1.54) is 24.3 Å². The number of H-pyrrole nitrogens is 1. The summed E-state index contributed by atoms with van der Waals surface area (Å²) in [4.78, 5) is 16.1. The second kappa shape index (κ2) is 7.21. The molecule has 0 saturated heterocycles. The molecule has 0 aliphatic heterocycles. The number of aromatic amines is 1. The van der Waals surface area contributed by atoms with E-state index in [2.05, 4.69) is 20.5 Å². The molecule has 30 heavy (non-hydrogen) atoms. The summed E-state index contributed by atoms with van der Waals surface area (Å²) in [5.74, 6) is -2.87. The van der Waals surface area contributed by atoms with Crippen molar-refractivity contribution in [3.8, 4) is 11.1 Å². The lowest BCUT2D eigenvalue weighted by atomic mass is 10.0. The van der Waals surface area contributed by atoms with Crippen LogP contribution in [0.2, 0.25) is 0 Å². The maximum Gasteiger partial charge on any atom is 0.417 e. The number of halogens is 5. The molecule has 152 valence electrons. The van der Waals surface area contributed by atoms with Crippen LogP contribution in [-0.4, -0.2) is 21.1 Å². The Labute approximate surface area is 165 Å². The summed E-state index contributed by atoms with van der Waals surface area (Å²) in [5, 5.41) is 9.23. The number of aromatic nitrogens is 3. The monoisotopic (exact) mass is 418 g/mol. The van der Waals surface area contributed by atoms with Gasteiger partial charge in [0.1, 0.15) is 5.82 Å². The zero-order valence-electron chi connectivity index (χ0n) is 14.9. The van der Waals surface area contributed by atoms with E-state index in [0.717, 1.165) is 18.2 Å². The lowest BCUT2D eigenvalue weighted by molar-refractivity contribution is -0.137. The van der Waals surface area contributed by atoms with Crippen LogP contribution in [0.3, 0.4) is 0 Å². The van der Waals surface area contributed by atoms with Crippen LogP contribution < -0.4 is 5.32 Å². The first kappa shape index (κ1) is 19.5. The SMILES string of the molecule is O=C(Nc1ccc(C(F)(F)F)cn1)c1n[nH]c2ccc(-c3cccc(F)c3F)cc12. The number of carbonyl (C=O) groups excluding carboxylic acids is 1. The third-order valence-electron chi connectivity index (χ3n) is 4.37. The summed E-state index contributed by atoms with van der Waals surface area (Å²) in [6.07, 6.45) is -3.94. The van der Waals surface area contributed by atoms with Crippen LogP contribution in [0.4, 0.5) is 27.8 Å². The molecule has 0 aliphatic rings. The van der Waals surface area contributed by atoms with Crippen LogP contribution in [0.15, 0.2) is 54.7 Å². The Hall–Kier alpha value is -3.82. The second-order valence-electron chi connectivity index (χ2n) is 6.32. The van der Waals surface area contributed by atoms with E-state index in [1.54, 1.807) is 6.07 Å². The Balaban J connectivity index is 1.66. The highest BCUT2D eigenvalue weighted by Gasteiger charge is 2.30. The first-order valence-electron chi connectivity index (χ1n) is 8.51. The first-order valence-corrected chi connectivity index (χ1v) is 8.51. The summed E-state index contributed by atoms with van der Waals surface area (Å²) in [7, 11) is 0. The molecule has 0 spiro atoms. The van der Waals surface area contributed by atoms with Gasteiger partial charge in [0.15, 0.2) is 17.3 Å². The quantitative estimate of drug-likeness (QED) is 0.451. The molecule has 2 aromatic carbocycles. The van der Waals surface area contributed by atoms with Crippen LogP contribution >= 0.6 is 0 Å². The van der Waals surface area contributed by atoms with E-state index in [9.17, 15) is 26.7 Å². The van der Waals surface area contributed by atoms with Crippen molar-refractivity contribution >= 4 is 22.6 Å². The number of rotatable bonds is 3. The van der Waals surface area contributed by atoms with Gasteiger partial charge < -0.3 is 5.32 Å². The van der Waals surface area contributed by atoms with Crippen LogP contribution in [0.1, 0.15) is 16.1 Å². The van der Waals surface area contributed by atoms with Crippen molar-refractivity contribution in [2.45, 2.75) is 6.18 Å². The number of nitrogens with one attached hydrogen (secondary N) is 2. The van der Waals surface area contributed by atoms with Gasteiger partial charge in [-0.3, -0.25) is 9.89 Å². The molecule has 4 aromatic rings. The Bertz CT molecular complexity index is 1250. The van der Waals surface area contributed by atoms with Crippen molar-refractivity contribution in [1.82, 2.24) is 15.2 Å². The fraction of sp³-hybridized carbons (Fsp3) is 0.0500. The van der Waals surface area contributed by atoms with Crippen molar-refractivity contribution in [3.63, 3.8) is 0 Å². The summed E-state index contributed by atoms with van der Waals surface area (Å²) in [6, 6.07) is 10.1. The van der Waals surface area contributed by atoms with Gasteiger partial charge >= 0.3 is 6.18 Å². The van der Waals surface area contributed by atoms with Crippen molar-refractivity contribution in [3.05, 3.63) is 77.6 Å². The fourth-order valence-electron chi connectivity index (χ4n) is 2.89. The number of hydrogen-bond donors (Lipinski definition) is 2. The largest absolute Gasteiger partial charge is 0.417 e. The molecule has 5 nitrogen and oxygen atoms in total. The standard InChI is InChI=1S/C20H11F5N4O/c21-14-3-1-2-12(17(14)22)10-4-6-15-13(8-10)18(29-28-15)19(30)27-16-7-5-11(9-26-16)20(23,24)25/h1-9H,(H,28,29)(H,26,27,30). The normalized spacial score (nSPS) is 11.6. The smallest absolute Gasteiger partial charge is 0.305 e. The number of alkyl halides is 3. The number of hydrogen-bond acceptors (Lipinski definition) is 3. The third kappa shape index (κ3) is 3.59. The Morgan fingerprint density at radius 1 is 1.03 bits per heavy atom. The van der Waals surface area contributed by atoms with Crippen LogP contribution in [-0.2, 0) is 6.18 Å². The van der Waals surface area contributed by atoms with E-state index < -0.39 is 29.3 Å². The molecule has 4 rings (SSSR count). The van der Waals surface area contributed by atoms with E-state index >= 15 is 0 Å².